The number of aryl methyl sites for hydroxylation is 1. The molecule has 0 unspecified atom stereocenters. The molecule has 2 aliphatic heterocycles. The van der Waals surface area contributed by atoms with Gasteiger partial charge in [0.15, 0.2) is 0 Å². The molecule has 1 aromatic carbocycles. The minimum Gasteiger partial charge on any atom is -0.339 e. The molecule has 1 spiro atoms. The first-order chi connectivity index (χ1) is 9.60. The number of hydrogen-bond donors (Lipinski definition) is 1. The number of carbonyl (C=O) groups is 1. The summed E-state index contributed by atoms with van der Waals surface area (Å²) in [7, 11) is 0. The summed E-state index contributed by atoms with van der Waals surface area (Å²) in [6.45, 7) is 5.46. The van der Waals surface area contributed by atoms with Crippen molar-refractivity contribution in [1.29, 1.82) is 0 Å². The highest BCUT2D eigenvalue weighted by Gasteiger charge is 2.38. The molecule has 0 atom stereocenters. The van der Waals surface area contributed by atoms with Crippen molar-refractivity contribution in [3.05, 3.63) is 35.1 Å². The van der Waals surface area contributed by atoms with Gasteiger partial charge >= 0.3 is 0 Å². The Morgan fingerprint density at radius 3 is 2.57 bits per heavy atom. The van der Waals surface area contributed by atoms with Crippen LogP contribution in [0.15, 0.2) is 18.2 Å². The molecular formula is C16H22ClFN2O. The summed E-state index contributed by atoms with van der Waals surface area (Å²) in [4.78, 5) is 14.2. The predicted molar refractivity (Wildman–Crippen MR) is 83.4 cm³/mol. The standard InChI is InChI=1S/C16H21FN2O.ClH/c1-12-2-3-13(14(17)10-12)15(20)19-8-5-16(6-9-19)4-7-18-11-16;/h2-3,10,18H,4-9,11H2,1H3;1H. The summed E-state index contributed by atoms with van der Waals surface area (Å²) in [5.41, 5.74) is 1.42. The SMILES string of the molecule is Cc1ccc(C(=O)N2CCC3(CCNC3)CC2)c(F)c1.Cl. The van der Waals surface area contributed by atoms with Gasteiger partial charge < -0.3 is 10.2 Å². The summed E-state index contributed by atoms with van der Waals surface area (Å²) in [6.07, 6.45) is 3.26. The van der Waals surface area contributed by atoms with Crippen molar-refractivity contribution in [3.8, 4) is 0 Å². The second-order valence-corrected chi connectivity index (χ2v) is 6.20. The van der Waals surface area contributed by atoms with E-state index in [1.165, 1.54) is 12.5 Å². The van der Waals surface area contributed by atoms with Gasteiger partial charge in [-0.1, -0.05) is 6.07 Å². The van der Waals surface area contributed by atoms with E-state index in [-0.39, 0.29) is 23.9 Å². The molecule has 1 amide bonds. The van der Waals surface area contributed by atoms with Gasteiger partial charge in [-0.2, -0.15) is 0 Å². The molecule has 1 N–H and O–H groups in total. The molecule has 0 bridgehead atoms. The topological polar surface area (TPSA) is 32.3 Å². The Balaban J connectivity index is 0.00000161. The van der Waals surface area contributed by atoms with Crippen LogP contribution >= 0.6 is 12.4 Å². The molecule has 3 rings (SSSR count). The monoisotopic (exact) mass is 312 g/mol. The molecule has 0 aliphatic carbocycles. The van der Waals surface area contributed by atoms with E-state index in [1.54, 1.807) is 17.0 Å². The van der Waals surface area contributed by atoms with Crippen LogP contribution in [0, 0.1) is 18.2 Å². The third-order valence-electron chi connectivity index (χ3n) is 4.80. The molecule has 2 saturated heterocycles. The van der Waals surface area contributed by atoms with E-state index in [0.717, 1.165) is 44.6 Å². The van der Waals surface area contributed by atoms with Crippen molar-refractivity contribution in [2.45, 2.75) is 26.2 Å². The quantitative estimate of drug-likeness (QED) is 0.865. The molecular weight excluding hydrogens is 291 g/mol. The predicted octanol–water partition coefficient (Wildman–Crippen LogP) is 2.77. The van der Waals surface area contributed by atoms with Gasteiger partial charge in [-0.15, -0.1) is 12.4 Å². The van der Waals surface area contributed by atoms with Crippen molar-refractivity contribution in [1.82, 2.24) is 10.2 Å². The third-order valence-corrected chi connectivity index (χ3v) is 4.80. The molecule has 0 aromatic heterocycles. The van der Waals surface area contributed by atoms with Crippen molar-refractivity contribution in [2.24, 2.45) is 5.41 Å². The molecule has 3 nitrogen and oxygen atoms in total. The van der Waals surface area contributed by atoms with E-state index < -0.39 is 5.82 Å². The largest absolute Gasteiger partial charge is 0.339 e. The van der Waals surface area contributed by atoms with Crippen LogP contribution in [-0.4, -0.2) is 37.0 Å². The zero-order valence-corrected chi connectivity index (χ0v) is 13.1. The summed E-state index contributed by atoms with van der Waals surface area (Å²) in [5.74, 6) is -0.568. The lowest BCUT2D eigenvalue weighted by molar-refractivity contribution is 0.0603. The Labute approximate surface area is 131 Å². The number of likely N-dealkylation sites (tertiary alicyclic amines) is 1. The minimum absolute atomic E-state index is 0. The second-order valence-electron chi connectivity index (χ2n) is 6.20. The number of nitrogens with one attached hydrogen (secondary N) is 1. The lowest BCUT2D eigenvalue weighted by atomic mass is 9.78. The summed E-state index contributed by atoms with van der Waals surface area (Å²) in [5, 5.41) is 3.41. The Morgan fingerprint density at radius 2 is 2.00 bits per heavy atom. The van der Waals surface area contributed by atoms with Gasteiger partial charge in [0.2, 0.25) is 0 Å². The molecule has 2 aliphatic rings. The van der Waals surface area contributed by atoms with Crippen LogP contribution in [0.5, 0.6) is 0 Å². The molecule has 0 saturated carbocycles. The maximum Gasteiger partial charge on any atom is 0.256 e. The van der Waals surface area contributed by atoms with Crippen molar-refractivity contribution >= 4 is 18.3 Å². The minimum atomic E-state index is -0.405. The van der Waals surface area contributed by atoms with Crippen molar-refractivity contribution in [3.63, 3.8) is 0 Å². The lowest BCUT2D eigenvalue weighted by Gasteiger charge is -2.38. The van der Waals surface area contributed by atoms with Crippen LogP contribution in [0.2, 0.25) is 0 Å². The van der Waals surface area contributed by atoms with E-state index in [0.29, 0.717) is 5.41 Å². The molecule has 2 heterocycles. The zero-order valence-electron chi connectivity index (χ0n) is 12.3. The van der Waals surface area contributed by atoms with E-state index in [1.807, 2.05) is 6.92 Å². The van der Waals surface area contributed by atoms with Crippen LogP contribution < -0.4 is 5.32 Å². The second kappa shape index (κ2) is 6.32. The van der Waals surface area contributed by atoms with E-state index >= 15 is 0 Å². The van der Waals surface area contributed by atoms with Gasteiger partial charge in [-0.05, 0) is 55.8 Å². The third kappa shape index (κ3) is 3.22. The van der Waals surface area contributed by atoms with Crippen LogP contribution in [0.25, 0.3) is 0 Å². The Kier molecular flexibility index (Phi) is 4.89. The summed E-state index contributed by atoms with van der Waals surface area (Å²) in [6, 6.07) is 4.83. The van der Waals surface area contributed by atoms with Gasteiger partial charge in [0.05, 0.1) is 5.56 Å². The highest BCUT2D eigenvalue weighted by atomic mass is 35.5. The Hall–Kier alpha value is -1.13. The maximum absolute atomic E-state index is 13.9. The first-order valence-corrected chi connectivity index (χ1v) is 7.36. The van der Waals surface area contributed by atoms with Crippen LogP contribution in [0.4, 0.5) is 4.39 Å². The fourth-order valence-corrected chi connectivity index (χ4v) is 3.37. The molecule has 1 aromatic rings. The van der Waals surface area contributed by atoms with Crippen molar-refractivity contribution < 1.29 is 9.18 Å². The number of nitrogens with zero attached hydrogens (tertiary/aromatic N) is 1. The highest BCUT2D eigenvalue weighted by molar-refractivity contribution is 5.94. The fraction of sp³-hybridized carbons (Fsp3) is 0.562. The van der Waals surface area contributed by atoms with Gasteiger partial charge in [0.25, 0.3) is 5.91 Å². The smallest absolute Gasteiger partial charge is 0.256 e. The zero-order chi connectivity index (χ0) is 14.2. The molecule has 5 heteroatoms. The van der Waals surface area contributed by atoms with E-state index in [2.05, 4.69) is 5.32 Å². The lowest BCUT2D eigenvalue weighted by Crippen LogP contribution is -2.44. The Morgan fingerprint density at radius 1 is 1.29 bits per heavy atom. The molecule has 0 radical (unpaired) electrons. The van der Waals surface area contributed by atoms with Crippen LogP contribution in [0.3, 0.4) is 0 Å². The number of benzene rings is 1. The average Bonchev–Trinajstić information content (AvgIpc) is 2.87. The number of rotatable bonds is 1. The maximum atomic E-state index is 13.9. The summed E-state index contributed by atoms with van der Waals surface area (Å²) < 4.78 is 13.9. The van der Waals surface area contributed by atoms with Gasteiger partial charge in [0.1, 0.15) is 5.82 Å². The van der Waals surface area contributed by atoms with Crippen molar-refractivity contribution in [2.75, 3.05) is 26.2 Å². The average molecular weight is 313 g/mol. The van der Waals surface area contributed by atoms with E-state index in [4.69, 9.17) is 0 Å². The van der Waals surface area contributed by atoms with Crippen LogP contribution in [-0.2, 0) is 0 Å². The van der Waals surface area contributed by atoms with Crippen LogP contribution in [0.1, 0.15) is 35.2 Å². The highest BCUT2D eigenvalue weighted by Crippen LogP contribution is 2.37. The number of halogens is 2. The molecule has 2 fully saturated rings. The fourth-order valence-electron chi connectivity index (χ4n) is 3.37. The van der Waals surface area contributed by atoms with Gasteiger partial charge in [0, 0.05) is 19.6 Å². The van der Waals surface area contributed by atoms with Gasteiger partial charge in [-0.25, -0.2) is 4.39 Å². The first kappa shape index (κ1) is 16.2. The first-order valence-electron chi connectivity index (χ1n) is 7.36. The van der Waals surface area contributed by atoms with E-state index in [9.17, 15) is 9.18 Å². The number of hydrogen-bond acceptors (Lipinski definition) is 2. The normalized spacial score (nSPS) is 20.4. The van der Waals surface area contributed by atoms with Gasteiger partial charge in [-0.3, -0.25) is 4.79 Å². The molecule has 116 valence electrons. The number of carbonyl (C=O) groups excluding carboxylic acids is 1. The number of piperidine rings is 1. The Bertz CT molecular complexity index is 519. The summed E-state index contributed by atoms with van der Waals surface area (Å²) >= 11 is 0. The molecule has 21 heavy (non-hydrogen) atoms. The number of amides is 1.